The molecule has 0 fully saturated rings. The fourth-order valence-electron chi connectivity index (χ4n) is 3.37. The Kier molecular flexibility index (Phi) is 4.33. The Labute approximate surface area is 145 Å². The second kappa shape index (κ2) is 6.78. The summed E-state index contributed by atoms with van der Waals surface area (Å²) in [7, 11) is 0. The average Bonchev–Trinajstić information content (AvgIpc) is 3.30. The molecule has 130 valence electrons. The Bertz CT molecular complexity index is 839. The first kappa shape index (κ1) is 16.0. The standard InChI is InChI=1S/C18H21N5O2/c1-2-23-16-5-6-22(11-14(16)15(12-24)21-23)10-13-8-19-18(20-9-13)17-4-3-7-25-17/h3-4,7-9,24H,2,5-6,10-12H2,1H3. The molecule has 3 aromatic rings. The van der Waals surface area contributed by atoms with Gasteiger partial charge in [-0.15, -0.1) is 0 Å². The highest BCUT2D eigenvalue weighted by Crippen LogP contribution is 2.24. The molecule has 4 heterocycles. The van der Waals surface area contributed by atoms with Gasteiger partial charge in [0.1, 0.15) is 0 Å². The van der Waals surface area contributed by atoms with Crippen molar-refractivity contribution < 1.29 is 9.52 Å². The summed E-state index contributed by atoms with van der Waals surface area (Å²) in [4.78, 5) is 11.1. The summed E-state index contributed by atoms with van der Waals surface area (Å²) in [5.41, 5.74) is 4.29. The highest BCUT2D eigenvalue weighted by molar-refractivity contribution is 5.45. The van der Waals surface area contributed by atoms with E-state index >= 15 is 0 Å². The summed E-state index contributed by atoms with van der Waals surface area (Å²) >= 11 is 0. The number of furan rings is 1. The van der Waals surface area contributed by atoms with Gasteiger partial charge in [-0.05, 0) is 19.1 Å². The van der Waals surface area contributed by atoms with Gasteiger partial charge in [0, 0.05) is 61.8 Å². The quantitative estimate of drug-likeness (QED) is 0.766. The Morgan fingerprint density at radius 1 is 1.28 bits per heavy atom. The van der Waals surface area contributed by atoms with Gasteiger partial charge in [0.05, 0.1) is 18.6 Å². The highest BCUT2D eigenvalue weighted by Gasteiger charge is 2.24. The van der Waals surface area contributed by atoms with E-state index in [9.17, 15) is 5.11 Å². The van der Waals surface area contributed by atoms with Crippen molar-refractivity contribution >= 4 is 0 Å². The van der Waals surface area contributed by atoms with Crippen LogP contribution in [0.1, 0.15) is 29.4 Å². The van der Waals surface area contributed by atoms with Crippen LogP contribution in [-0.4, -0.2) is 36.3 Å². The topological polar surface area (TPSA) is 80.2 Å². The number of aliphatic hydroxyl groups excluding tert-OH is 1. The summed E-state index contributed by atoms with van der Waals surface area (Å²) in [5.74, 6) is 1.27. The van der Waals surface area contributed by atoms with Crippen LogP contribution in [0, 0.1) is 0 Å². The molecule has 0 aliphatic carbocycles. The van der Waals surface area contributed by atoms with Gasteiger partial charge in [0.2, 0.25) is 0 Å². The van der Waals surface area contributed by atoms with Crippen LogP contribution >= 0.6 is 0 Å². The lowest BCUT2D eigenvalue weighted by Gasteiger charge is -2.27. The molecule has 7 heteroatoms. The third kappa shape index (κ3) is 3.08. The van der Waals surface area contributed by atoms with E-state index in [1.807, 2.05) is 29.2 Å². The molecule has 1 N–H and O–H groups in total. The van der Waals surface area contributed by atoms with Gasteiger partial charge in [-0.3, -0.25) is 9.58 Å². The van der Waals surface area contributed by atoms with Gasteiger partial charge >= 0.3 is 0 Å². The molecule has 3 aromatic heterocycles. The summed E-state index contributed by atoms with van der Waals surface area (Å²) in [5, 5.41) is 14.1. The molecule has 1 aliphatic heterocycles. The number of rotatable bonds is 5. The lowest BCUT2D eigenvalue weighted by atomic mass is 10.0. The number of hydrogen-bond acceptors (Lipinski definition) is 6. The van der Waals surface area contributed by atoms with Crippen LogP contribution in [0.3, 0.4) is 0 Å². The molecular weight excluding hydrogens is 318 g/mol. The number of hydrogen-bond donors (Lipinski definition) is 1. The molecule has 0 radical (unpaired) electrons. The van der Waals surface area contributed by atoms with E-state index in [0.717, 1.165) is 43.9 Å². The molecule has 0 bridgehead atoms. The average molecular weight is 339 g/mol. The van der Waals surface area contributed by atoms with Gasteiger partial charge in [-0.25, -0.2) is 9.97 Å². The van der Waals surface area contributed by atoms with Crippen LogP contribution in [0.5, 0.6) is 0 Å². The summed E-state index contributed by atoms with van der Waals surface area (Å²) < 4.78 is 7.33. The van der Waals surface area contributed by atoms with Crippen LogP contribution in [0.15, 0.2) is 35.2 Å². The molecule has 0 saturated heterocycles. The summed E-state index contributed by atoms with van der Waals surface area (Å²) in [6.45, 7) is 5.45. The SMILES string of the molecule is CCn1nc(CO)c2c1CCN(Cc1cnc(-c3ccco3)nc1)C2. The molecule has 4 rings (SSSR count). The fourth-order valence-corrected chi connectivity index (χ4v) is 3.37. The monoisotopic (exact) mass is 339 g/mol. The number of aliphatic hydroxyl groups is 1. The van der Waals surface area contributed by atoms with Crippen molar-refractivity contribution in [3.05, 3.63) is 53.3 Å². The van der Waals surface area contributed by atoms with E-state index in [0.29, 0.717) is 11.6 Å². The second-order valence-electron chi connectivity index (χ2n) is 6.20. The van der Waals surface area contributed by atoms with Crippen LogP contribution < -0.4 is 0 Å². The first-order valence-corrected chi connectivity index (χ1v) is 8.54. The largest absolute Gasteiger partial charge is 0.461 e. The third-order valence-corrected chi connectivity index (χ3v) is 4.60. The Morgan fingerprint density at radius 3 is 2.80 bits per heavy atom. The first-order chi connectivity index (χ1) is 12.3. The second-order valence-corrected chi connectivity index (χ2v) is 6.20. The molecule has 7 nitrogen and oxygen atoms in total. The zero-order chi connectivity index (χ0) is 17.2. The normalized spacial score (nSPS) is 14.6. The predicted octanol–water partition coefficient (Wildman–Crippen LogP) is 2.00. The van der Waals surface area contributed by atoms with Crippen molar-refractivity contribution in [1.82, 2.24) is 24.6 Å². The van der Waals surface area contributed by atoms with E-state index in [4.69, 9.17) is 4.42 Å². The molecule has 0 unspecified atom stereocenters. The Balaban J connectivity index is 1.48. The van der Waals surface area contributed by atoms with E-state index in [1.165, 1.54) is 11.3 Å². The number of fused-ring (bicyclic) bond motifs is 1. The van der Waals surface area contributed by atoms with Crippen molar-refractivity contribution in [1.29, 1.82) is 0 Å². The maximum absolute atomic E-state index is 9.58. The Morgan fingerprint density at radius 2 is 2.12 bits per heavy atom. The highest BCUT2D eigenvalue weighted by atomic mass is 16.3. The molecular formula is C18H21N5O2. The van der Waals surface area contributed by atoms with Gasteiger partial charge in [-0.2, -0.15) is 5.10 Å². The lowest BCUT2D eigenvalue weighted by Crippen LogP contribution is -2.31. The number of aryl methyl sites for hydroxylation is 1. The maximum atomic E-state index is 9.58. The number of nitrogens with zero attached hydrogens (tertiary/aromatic N) is 5. The summed E-state index contributed by atoms with van der Waals surface area (Å²) in [6, 6.07) is 3.68. The molecule has 0 saturated carbocycles. The summed E-state index contributed by atoms with van der Waals surface area (Å²) in [6.07, 6.45) is 6.26. The van der Waals surface area contributed by atoms with Crippen molar-refractivity contribution in [3.8, 4) is 11.6 Å². The Hall–Kier alpha value is -2.51. The molecule has 25 heavy (non-hydrogen) atoms. The zero-order valence-corrected chi connectivity index (χ0v) is 14.2. The molecule has 1 aliphatic rings. The van der Waals surface area contributed by atoms with Crippen LogP contribution in [-0.2, 0) is 32.7 Å². The van der Waals surface area contributed by atoms with Crippen LogP contribution in [0.2, 0.25) is 0 Å². The van der Waals surface area contributed by atoms with E-state index in [2.05, 4.69) is 26.9 Å². The fraction of sp³-hybridized carbons (Fsp3) is 0.389. The van der Waals surface area contributed by atoms with Gasteiger partial charge in [0.25, 0.3) is 0 Å². The zero-order valence-electron chi connectivity index (χ0n) is 14.2. The first-order valence-electron chi connectivity index (χ1n) is 8.54. The van der Waals surface area contributed by atoms with Gasteiger partial charge in [-0.1, -0.05) is 0 Å². The predicted molar refractivity (Wildman–Crippen MR) is 91.4 cm³/mol. The van der Waals surface area contributed by atoms with Crippen molar-refractivity contribution in [3.63, 3.8) is 0 Å². The van der Waals surface area contributed by atoms with E-state index < -0.39 is 0 Å². The molecule has 0 atom stereocenters. The number of aromatic nitrogens is 4. The van der Waals surface area contributed by atoms with Gasteiger partial charge in [0.15, 0.2) is 11.6 Å². The molecule has 0 spiro atoms. The van der Waals surface area contributed by atoms with Crippen molar-refractivity contribution in [2.45, 2.75) is 39.6 Å². The van der Waals surface area contributed by atoms with E-state index in [-0.39, 0.29) is 6.61 Å². The minimum atomic E-state index is -0.00979. The lowest BCUT2D eigenvalue weighted by molar-refractivity contribution is 0.235. The molecule has 0 amide bonds. The van der Waals surface area contributed by atoms with Crippen molar-refractivity contribution in [2.75, 3.05) is 6.54 Å². The van der Waals surface area contributed by atoms with Crippen LogP contribution in [0.25, 0.3) is 11.6 Å². The maximum Gasteiger partial charge on any atom is 0.195 e. The van der Waals surface area contributed by atoms with Crippen molar-refractivity contribution in [2.24, 2.45) is 0 Å². The minimum Gasteiger partial charge on any atom is -0.461 e. The molecule has 0 aromatic carbocycles. The smallest absolute Gasteiger partial charge is 0.195 e. The third-order valence-electron chi connectivity index (χ3n) is 4.60. The minimum absolute atomic E-state index is 0.00979. The van der Waals surface area contributed by atoms with E-state index in [1.54, 1.807) is 6.26 Å². The van der Waals surface area contributed by atoms with Crippen LogP contribution in [0.4, 0.5) is 0 Å². The van der Waals surface area contributed by atoms with Gasteiger partial charge < -0.3 is 9.52 Å².